The summed E-state index contributed by atoms with van der Waals surface area (Å²) in [5, 5.41) is 0. The van der Waals surface area contributed by atoms with Crippen molar-refractivity contribution in [3.05, 3.63) is 35.4 Å². The summed E-state index contributed by atoms with van der Waals surface area (Å²) in [4.78, 5) is 0. The molecule has 3 rings (SSSR count). The normalized spacial score (nSPS) is 39.6. The molecule has 14 heavy (non-hydrogen) atoms. The maximum atomic E-state index is 6.07. The molecule has 0 saturated heterocycles. The van der Waals surface area contributed by atoms with E-state index in [0.29, 0.717) is 11.5 Å². The molecule has 0 spiro atoms. The van der Waals surface area contributed by atoms with Gasteiger partial charge in [0.25, 0.3) is 0 Å². The van der Waals surface area contributed by atoms with Crippen LogP contribution in [0, 0.1) is 12.8 Å². The predicted molar refractivity (Wildman–Crippen MR) is 58.2 cm³/mol. The van der Waals surface area contributed by atoms with Gasteiger partial charge in [-0.3, -0.25) is 0 Å². The van der Waals surface area contributed by atoms with E-state index < -0.39 is 0 Å². The molecule has 2 aliphatic carbocycles. The van der Waals surface area contributed by atoms with Gasteiger partial charge in [-0.25, -0.2) is 0 Å². The van der Waals surface area contributed by atoms with Crippen molar-refractivity contribution in [2.24, 2.45) is 11.7 Å². The van der Waals surface area contributed by atoms with E-state index in [1.54, 1.807) is 0 Å². The van der Waals surface area contributed by atoms with Crippen LogP contribution in [-0.2, 0) is 5.41 Å². The van der Waals surface area contributed by atoms with Crippen LogP contribution in [0.3, 0.4) is 0 Å². The fraction of sp³-hybridized carbons (Fsp3) is 0.538. The highest BCUT2D eigenvalue weighted by Crippen LogP contribution is 2.63. The van der Waals surface area contributed by atoms with Crippen molar-refractivity contribution in [3.8, 4) is 0 Å². The van der Waals surface area contributed by atoms with Gasteiger partial charge in [-0.2, -0.15) is 0 Å². The van der Waals surface area contributed by atoms with Gasteiger partial charge in [0, 0.05) is 11.5 Å². The average Bonchev–Trinajstić information content (AvgIpc) is 2.84. The standard InChI is InChI=1S/C13H17N/c1-9-2-4-10(5-3-9)13-7-6-12(14)11(13)8-13/h2-5,11-12H,6-8,14H2,1H3. The summed E-state index contributed by atoms with van der Waals surface area (Å²) in [6.45, 7) is 2.15. The molecule has 0 bridgehead atoms. The number of rotatable bonds is 1. The Morgan fingerprint density at radius 2 is 2.00 bits per heavy atom. The van der Waals surface area contributed by atoms with Crippen LogP contribution >= 0.6 is 0 Å². The van der Waals surface area contributed by atoms with E-state index in [0.717, 1.165) is 5.92 Å². The lowest BCUT2D eigenvalue weighted by molar-refractivity contribution is 0.613. The zero-order chi connectivity index (χ0) is 9.76. The van der Waals surface area contributed by atoms with E-state index in [1.165, 1.54) is 30.4 Å². The van der Waals surface area contributed by atoms with Gasteiger partial charge >= 0.3 is 0 Å². The van der Waals surface area contributed by atoms with Crippen LogP contribution in [0.25, 0.3) is 0 Å². The van der Waals surface area contributed by atoms with Gasteiger partial charge in [0.2, 0.25) is 0 Å². The molecule has 0 aliphatic heterocycles. The van der Waals surface area contributed by atoms with Gasteiger partial charge in [0.15, 0.2) is 0 Å². The highest BCUT2D eigenvalue weighted by Gasteiger charge is 2.61. The van der Waals surface area contributed by atoms with Gasteiger partial charge < -0.3 is 5.73 Å². The molecule has 1 nitrogen and oxygen atoms in total. The van der Waals surface area contributed by atoms with Gasteiger partial charge in [0.05, 0.1) is 0 Å². The Labute approximate surface area is 85.3 Å². The lowest BCUT2D eigenvalue weighted by atomic mass is 9.93. The molecular formula is C13H17N. The first-order valence-corrected chi connectivity index (χ1v) is 5.55. The zero-order valence-electron chi connectivity index (χ0n) is 8.66. The average molecular weight is 187 g/mol. The van der Waals surface area contributed by atoms with E-state index in [4.69, 9.17) is 5.73 Å². The topological polar surface area (TPSA) is 26.0 Å². The molecule has 2 saturated carbocycles. The third kappa shape index (κ3) is 0.992. The molecule has 3 atom stereocenters. The Bertz CT molecular complexity index is 354. The molecule has 2 fully saturated rings. The highest BCUT2D eigenvalue weighted by molar-refractivity contribution is 5.38. The summed E-state index contributed by atoms with van der Waals surface area (Å²) < 4.78 is 0. The number of hydrogen-bond donors (Lipinski definition) is 1. The Kier molecular flexibility index (Phi) is 1.58. The molecule has 1 aromatic rings. The second kappa shape index (κ2) is 2.60. The third-order valence-corrected chi connectivity index (χ3v) is 4.20. The van der Waals surface area contributed by atoms with Crippen molar-refractivity contribution in [3.63, 3.8) is 0 Å². The first-order valence-electron chi connectivity index (χ1n) is 5.55. The first kappa shape index (κ1) is 8.49. The van der Waals surface area contributed by atoms with Gasteiger partial charge in [-0.1, -0.05) is 29.8 Å². The molecule has 2 aliphatic rings. The molecular weight excluding hydrogens is 170 g/mol. The van der Waals surface area contributed by atoms with Crippen molar-refractivity contribution in [1.82, 2.24) is 0 Å². The Hall–Kier alpha value is -0.820. The van der Waals surface area contributed by atoms with Crippen molar-refractivity contribution >= 4 is 0 Å². The molecule has 1 aromatic carbocycles. The van der Waals surface area contributed by atoms with E-state index in [9.17, 15) is 0 Å². The molecule has 3 unspecified atom stereocenters. The van der Waals surface area contributed by atoms with Crippen LogP contribution in [0.2, 0.25) is 0 Å². The quantitative estimate of drug-likeness (QED) is 0.717. The lowest BCUT2D eigenvalue weighted by Gasteiger charge is -2.11. The van der Waals surface area contributed by atoms with Gasteiger partial charge in [0.1, 0.15) is 0 Å². The summed E-state index contributed by atoms with van der Waals surface area (Å²) in [6.07, 6.45) is 3.86. The maximum Gasteiger partial charge on any atom is 0.00763 e. The maximum absolute atomic E-state index is 6.07. The highest BCUT2D eigenvalue weighted by atomic mass is 14.8. The van der Waals surface area contributed by atoms with Crippen LogP contribution in [0.4, 0.5) is 0 Å². The Balaban J connectivity index is 1.94. The largest absolute Gasteiger partial charge is 0.327 e. The number of benzene rings is 1. The van der Waals surface area contributed by atoms with Crippen molar-refractivity contribution in [2.75, 3.05) is 0 Å². The minimum atomic E-state index is 0.469. The summed E-state index contributed by atoms with van der Waals surface area (Å²) in [5.41, 5.74) is 9.45. The van der Waals surface area contributed by atoms with E-state index >= 15 is 0 Å². The van der Waals surface area contributed by atoms with Crippen LogP contribution in [-0.4, -0.2) is 6.04 Å². The predicted octanol–water partition coefficient (Wildman–Crippen LogP) is 2.37. The minimum Gasteiger partial charge on any atom is -0.327 e. The van der Waals surface area contributed by atoms with E-state index in [1.807, 2.05) is 0 Å². The molecule has 0 radical (unpaired) electrons. The third-order valence-electron chi connectivity index (χ3n) is 4.20. The van der Waals surface area contributed by atoms with Gasteiger partial charge in [-0.05, 0) is 37.7 Å². The van der Waals surface area contributed by atoms with Crippen molar-refractivity contribution in [2.45, 2.75) is 37.6 Å². The molecule has 0 heterocycles. The second-order valence-electron chi connectivity index (χ2n) is 5.04. The van der Waals surface area contributed by atoms with Crippen LogP contribution in [0.5, 0.6) is 0 Å². The summed E-state index contributed by atoms with van der Waals surface area (Å²) in [7, 11) is 0. The molecule has 0 aromatic heterocycles. The fourth-order valence-electron chi connectivity index (χ4n) is 3.17. The smallest absolute Gasteiger partial charge is 0.00763 e. The lowest BCUT2D eigenvalue weighted by Crippen LogP contribution is -2.19. The first-order chi connectivity index (χ1) is 6.72. The monoisotopic (exact) mass is 187 g/mol. The second-order valence-corrected chi connectivity index (χ2v) is 5.04. The molecule has 1 heteroatoms. The number of nitrogens with two attached hydrogens (primary N) is 1. The summed E-state index contributed by atoms with van der Waals surface area (Å²) in [5.74, 6) is 0.783. The molecule has 74 valence electrons. The fourth-order valence-corrected chi connectivity index (χ4v) is 3.17. The zero-order valence-corrected chi connectivity index (χ0v) is 8.66. The number of aryl methyl sites for hydroxylation is 1. The SMILES string of the molecule is Cc1ccc(C23CCC(N)C2C3)cc1. The van der Waals surface area contributed by atoms with Crippen LogP contribution in [0.1, 0.15) is 30.4 Å². The van der Waals surface area contributed by atoms with E-state index in [-0.39, 0.29) is 0 Å². The van der Waals surface area contributed by atoms with Gasteiger partial charge in [-0.15, -0.1) is 0 Å². The Morgan fingerprint density at radius 3 is 2.50 bits per heavy atom. The van der Waals surface area contributed by atoms with Crippen LogP contribution < -0.4 is 5.73 Å². The summed E-state index contributed by atoms with van der Waals surface area (Å²) in [6, 6.07) is 9.52. The number of hydrogen-bond acceptors (Lipinski definition) is 1. The summed E-state index contributed by atoms with van der Waals surface area (Å²) >= 11 is 0. The van der Waals surface area contributed by atoms with Crippen LogP contribution in [0.15, 0.2) is 24.3 Å². The molecule has 0 amide bonds. The minimum absolute atomic E-state index is 0.469. The Morgan fingerprint density at radius 1 is 1.29 bits per heavy atom. The van der Waals surface area contributed by atoms with Crippen molar-refractivity contribution < 1.29 is 0 Å². The van der Waals surface area contributed by atoms with E-state index in [2.05, 4.69) is 31.2 Å². The number of fused-ring (bicyclic) bond motifs is 1. The van der Waals surface area contributed by atoms with Crippen molar-refractivity contribution in [1.29, 1.82) is 0 Å². The molecule has 2 N–H and O–H groups in total.